The van der Waals surface area contributed by atoms with Gasteiger partial charge in [0.1, 0.15) is 9.88 Å². The summed E-state index contributed by atoms with van der Waals surface area (Å²) < 4.78 is 5.55. The van der Waals surface area contributed by atoms with E-state index in [9.17, 15) is 4.79 Å². The second kappa shape index (κ2) is 8.24. The zero-order chi connectivity index (χ0) is 17.8. The zero-order valence-corrected chi connectivity index (χ0v) is 15.7. The van der Waals surface area contributed by atoms with E-state index < -0.39 is 0 Å². The molecule has 0 aromatic carbocycles. The molecule has 4 rings (SSSR count). The number of pyridine rings is 1. The molecule has 138 valence electrons. The smallest absolute Gasteiger partial charge is 0.265 e. The number of carbonyl (C=O) groups excluding carboxylic acids is 1. The minimum absolute atomic E-state index is 0.0994. The third-order valence-corrected chi connectivity index (χ3v) is 6.13. The number of ether oxygens (including phenoxy) is 1. The van der Waals surface area contributed by atoms with Crippen molar-refractivity contribution in [1.82, 2.24) is 19.8 Å². The molecule has 2 saturated heterocycles. The predicted molar refractivity (Wildman–Crippen MR) is 101 cm³/mol. The van der Waals surface area contributed by atoms with E-state index in [1.807, 2.05) is 23.1 Å². The first-order valence-corrected chi connectivity index (χ1v) is 10.1. The van der Waals surface area contributed by atoms with Crippen LogP contribution < -0.4 is 0 Å². The normalized spacial score (nSPS) is 20.1. The van der Waals surface area contributed by atoms with Crippen molar-refractivity contribution < 1.29 is 9.53 Å². The standard InChI is InChI=1S/C19H24N4O2S/c24-19(17-14-21-18(26-17)16-4-1-2-7-20-16)23-9-5-15(6-10-23)22-8-3-12-25-13-11-22/h1-2,4,7,14-15H,3,5-6,8-13H2. The van der Waals surface area contributed by atoms with Gasteiger partial charge in [0.05, 0.1) is 18.5 Å². The molecule has 0 bridgehead atoms. The van der Waals surface area contributed by atoms with Gasteiger partial charge in [0.2, 0.25) is 0 Å². The van der Waals surface area contributed by atoms with Crippen molar-refractivity contribution in [3.8, 4) is 10.7 Å². The minimum atomic E-state index is 0.0994. The second-order valence-electron chi connectivity index (χ2n) is 6.77. The van der Waals surface area contributed by atoms with Gasteiger partial charge in [-0.15, -0.1) is 11.3 Å². The molecular weight excluding hydrogens is 348 g/mol. The molecule has 2 aliphatic rings. The summed E-state index contributed by atoms with van der Waals surface area (Å²) in [6.07, 6.45) is 6.62. The third kappa shape index (κ3) is 3.95. The highest BCUT2D eigenvalue weighted by molar-refractivity contribution is 7.16. The Morgan fingerprint density at radius 2 is 2.00 bits per heavy atom. The summed E-state index contributed by atoms with van der Waals surface area (Å²) in [6, 6.07) is 6.31. The average Bonchev–Trinajstić information content (AvgIpc) is 3.04. The molecule has 2 fully saturated rings. The molecule has 0 N–H and O–H groups in total. The first-order valence-electron chi connectivity index (χ1n) is 9.29. The first-order chi connectivity index (χ1) is 12.8. The molecule has 0 spiro atoms. The van der Waals surface area contributed by atoms with Gasteiger partial charge in [0, 0.05) is 45.0 Å². The van der Waals surface area contributed by atoms with Crippen LogP contribution in [0.2, 0.25) is 0 Å². The number of nitrogens with zero attached hydrogens (tertiary/aromatic N) is 4. The Morgan fingerprint density at radius 1 is 1.12 bits per heavy atom. The number of hydrogen-bond acceptors (Lipinski definition) is 6. The lowest BCUT2D eigenvalue weighted by Crippen LogP contribution is -2.47. The SMILES string of the molecule is O=C(c1cnc(-c2ccccn2)s1)N1CCC(N2CCCOCC2)CC1. The van der Waals surface area contributed by atoms with Crippen molar-refractivity contribution in [3.63, 3.8) is 0 Å². The van der Waals surface area contributed by atoms with Gasteiger partial charge in [0.25, 0.3) is 5.91 Å². The highest BCUT2D eigenvalue weighted by Crippen LogP contribution is 2.26. The van der Waals surface area contributed by atoms with Crippen LogP contribution in [0.5, 0.6) is 0 Å². The van der Waals surface area contributed by atoms with Crippen molar-refractivity contribution in [3.05, 3.63) is 35.5 Å². The third-order valence-electron chi connectivity index (χ3n) is 5.13. The molecule has 0 atom stereocenters. The highest BCUT2D eigenvalue weighted by atomic mass is 32.1. The fourth-order valence-corrected chi connectivity index (χ4v) is 4.56. The van der Waals surface area contributed by atoms with Crippen LogP contribution in [0.4, 0.5) is 0 Å². The maximum atomic E-state index is 12.8. The number of likely N-dealkylation sites (tertiary alicyclic amines) is 1. The summed E-state index contributed by atoms with van der Waals surface area (Å²) in [4.78, 5) is 26.7. The molecule has 0 aliphatic carbocycles. The van der Waals surface area contributed by atoms with Gasteiger partial charge in [-0.25, -0.2) is 4.98 Å². The number of carbonyl (C=O) groups is 1. The first kappa shape index (κ1) is 17.6. The van der Waals surface area contributed by atoms with E-state index in [-0.39, 0.29) is 5.91 Å². The van der Waals surface area contributed by atoms with Crippen LogP contribution in [-0.4, -0.2) is 71.1 Å². The second-order valence-corrected chi connectivity index (χ2v) is 7.80. The molecule has 2 aliphatic heterocycles. The van der Waals surface area contributed by atoms with E-state index in [4.69, 9.17) is 4.74 Å². The Balaban J connectivity index is 1.36. The Kier molecular flexibility index (Phi) is 5.57. The maximum Gasteiger partial charge on any atom is 0.265 e. The van der Waals surface area contributed by atoms with Crippen LogP contribution in [0.15, 0.2) is 30.6 Å². The summed E-state index contributed by atoms with van der Waals surface area (Å²) in [5.41, 5.74) is 0.818. The van der Waals surface area contributed by atoms with Crippen molar-refractivity contribution in [1.29, 1.82) is 0 Å². The lowest BCUT2D eigenvalue weighted by molar-refractivity contribution is 0.0613. The maximum absolute atomic E-state index is 12.8. The Hall–Kier alpha value is -1.83. The van der Waals surface area contributed by atoms with Gasteiger partial charge in [-0.3, -0.25) is 14.7 Å². The fourth-order valence-electron chi connectivity index (χ4n) is 3.70. The average molecular weight is 372 g/mol. The minimum Gasteiger partial charge on any atom is -0.380 e. The zero-order valence-electron chi connectivity index (χ0n) is 14.8. The molecule has 4 heterocycles. The van der Waals surface area contributed by atoms with E-state index in [0.29, 0.717) is 10.9 Å². The van der Waals surface area contributed by atoms with E-state index >= 15 is 0 Å². The molecule has 0 radical (unpaired) electrons. The number of piperidine rings is 1. The molecule has 2 aromatic rings. The van der Waals surface area contributed by atoms with Crippen LogP contribution >= 0.6 is 11.3 Å². The summed E-state index contributed by atoms with van der Waals surface area (Å²) >= 11 is 1.43. The highest BCUT2D eigenvalue weighted by Gasteiger charge is 2.28. The lowest BCUT2D eigenvalue weighted by atomic mass is 10.0. The van der Waals surface area contributed by atoms with Crippen molar-refractivity contribution in [2.45, 2.75) is 25.3 Å². The summed E-state index contributed by atoms with van der Waals surface area (Å²) in [5, 5.41) is 0.799. The van der Waals surface area contributed by atoms with Gasteiger partial charge in [-0.2, -0.15) is 0 Å². The van der Waals surface area contributed by atoms with E-state index in [2.05, 4.69) is 14.9 Å². The molecule has 2 aromatic heterocycles. The number of rotatable bonds is 3. The molecule has 1 amide bonds. The van der Waals surface area contributed by atoms with Crippen molar-refractivity contribution >= 4 is 17.2 Å². The summed E-state index contributed by atoms with van der Waals surface area (Å²) in [6.45, 7) is 5.46. The fraction of sp³-hybridized carbons (Fsp3) is 0.526. The van der Waals surface area contributed by atoms with E-state index in [0.717, 1.165) is 69.4 Å². The van der Waals surface area contributed by atoms with Gasteiger partial charge < -0.3 is 9.64 Å². The van der Waals surface area contributed by atoms with Gasteiger partial charge in [-0.05, 0) is 31.4 Å². The van der Waals surface area contributed by atoms with Crippen LogP contribution in [0.1, 0.15) is 28.9 Å². The topological polar surface area (TPSA) is 58.6 Å². The Morgan fingerprint density at radius 3 is 2.81 bits per heavy atom. The number of amides is 1. The summed E-state index contributed by atoms with van der Waals surface area (Å²) in [5.74, 6) is 0.0994. The molecule has 6 nitrogen and oxygen atoms in total. The lowest BCUT2D eigenvalue weighted by Gasteiger charge is -2.37. The number of thiazole rings is 1. The molecule has 7 heteroatoms. The largest absolute Gasteiger partial charge is 0.380 e. The van der Waals surface area contributed by atoms with Crippen molar-refractivity contribution in [2.24, 2.45) is 0 Å². The monoisotopic (exact) mass is 372 g/mol. The van der Waals surface area contributed by atoms with Crippen LogP contribution in [0.25, 0.3) is 10.7 Å². The molecule has 26 heavy (non-hydrogen) atoms. The Labute approximate surface area is 157 Å². The quantitative estimate of drug-likeness (QED) is 0.829. The Bertz CT molecular complexity index is 720. The van der Waals surface area contributed by atoms with Gasteiger partial charge in [-0.1, -0.05) is 6.07 Å². The molecular formula is C19H24N4O2S. The van der Waals surface area contributed by atoms with E-state index in [1.165, 1.54) is 11.3 Å². The predicted octanol–water partition coefficient (Wildman–Crippen LogP) is 2.53. The van der Waals surface area contributed by atoms with Crippen LogP contribution in [0.3, 0.4) is 0 Å². The number of aromatic nitrogens is 2. The summed E-state index contributed by atoms with van der Waals surface area (Å²) in [7, 11) is 0. The van der Waals surface area contributed by atoms with Crippen LogP contribution in [0, 0.1) is 0 Å². The van der Waals surface area contributed by atoms with Crippen molar-refractivity contribution in [2.75, 3.05) is 39.4 Å². The van der Waals surface area contributed by atoms with Gasteiger partial charge >= 0.3 is 0 Å². The molecule has 0 unspecified atom stereocenters. The van der Waals surface area contributed by atoms with E-state index in [1.54, 1.807) is 12.4 Å². The van der Waals surface area contributed by atoms with Gasteiger partial charge in [0.15, 0.2) is 0 Å². The van der Waals surface area contributed by atoms with Crippen LogP contribution in [-0.2, 0) is 4.74 Å². The number of hydrogen-bond donors (Lipinski definition) is 0. The molecule has 0 saturated carbocycles.